The summed E-state index contributed by atoms with van der Waals surface area (Å²) in [5.74, 6) is 1.26. The highest BCUT2D eigenvalue weighted by Gasteiger charge is 2.06. The van der Waals surface area contributed by atoms with E-state index in [0.29, 0.717) is 37.2 Å². The third-order valence-corrected chi connectivity index (χ3v) is 4.14. The molecule has 0 saturated heterocycles. The van der Waals surface area contributed by atoms with E-state index in [2.05, 4.69) is 20.6 Å². The van der Waals surface area contributed by atoms with Crippen LogP contribution < -0.4 is 15.4 Å². The highest BCUT2D eigenvalue weighted by molar-refractivity contribution is 5.90. The lowest BCUT2D eigenvalue weighted by molar-refractivity contribution is -0.123. The number of hydrogen-bond donors (Lipinski definition) is 3. The highest BCUT2D eigenvalue weighted by Crippen LogP contribution is 2.16. The van der Waals surface area contributed by atoms with Crippen LogP contribution >= 0.6 is 0 Å². The van der Waals surface area contributed by atoms with E-state index in [-0.39, 0.29) is 18.4 Å². The number of amides is 2. The lowest BCUT2D eigenvalue weighted by Gasteiger charge is -2.08. The van der Waals surface area contributed by atoms with Gasteiger partial charge in [0, 0.05) is 25.1 Å². The van der Waals surface area contributed by atoms with Crippen LogP contribution in [0, 0.1) is 0 Å². The second-order valence-corrected chi connectivity index (χ2v) is 6.37. The Balaban J connectivity index is 1.41. The molecule has 0 radical (unpaired) electrons. The molecule has 3 aromatic rings. The zero-order valence-electron chi connectivity index (χ0n) is 15.8. The molecule has 1 heterocycles. The van der Waals surface area contributed by atoms with Crippen molar-refractivity contribution in [2.75, 3.05) is 18.5 Å². The van der Waals surface area contributed by atoms with Crippen LogP contribution in [-0.2, 0) is 16.0 Å². The number of aromatic amines is 1. The summed E-state index contributed by atoms with van der Waals surface area (Å²) in [5, 5.41) is 5.53. The van der Waals surface area contributed by atoms with Crippen LogP contribution in [0.2, 0.25) is 0 Å². The predicted octanol–water partition coefficient (Wildman–Crippen LogP) is 3.04. The first kappa shape index (κ1) is 19.4. The van der Waals surface area contributed by atoms with Crippen molar-refractivity contribution in [1.29, 1.82) is 0 Å². The van der Waals surface area contributed by atoms with E-state index < -0.39 is 0 Å². The summed E-state index contributed by atoms with van der Waals surface area (Å²) in [5.41, 5.74) is 2.65. The number of hydrogen-bond acceptors (Lipinski definition) is 4. The Morgan fingerprint density at radius 3 is 2.61 bits per heavy atom. The molecule has 7 heteroatoms. The third kappa shape index (κ3) is 5.57. The molecule has 3 N–H and O–H groups in total. The molecule has 0 unspecified atom stereocenters. The number of imidazole rings is 1. The molecule has 3 rings (SSSR count). The minimum absolute atomic E-state index is 0.0265. The number of para-hydroxylation sites is 2. The topological polar surface area (TPSA) is 96.1 Å². The zero-order chi connectivity index (χ0) is 19.8. The molecule has 1 aromatic heterocycles. The molecule has 2 amide bonds. The first-order chi connectivity index (χ1) is 13.6. The first-order valence-corrected chi connectivity index (χ1v) is 9.37. The fourth-order valence-corrected chi connectivity index (χ4v) is 2.80. The molecule has 0 bridgehead atoms. The van der Waals surface area contributed by atoms with Gasteiger partial charge in [0.15, 0.2) is 6.61 Å². The summed E-state index contributed by atoms with van der Waals surface area (Å²) < 4.78 is 5.38. The molecule has 7 nitrogen and oxygen atoms in total. The van der Waals surface area contributed by atoms with Crippen molar-refractivity contribution in [2.45, 2.75) is 26.2 Å². The maximum Gasteiger partial charge on any atom is 0.257 e. The molecule has 0 saturated carbocycles. The number of likely N-dealkylation sites (N-methyl/N-ethyl adjacent to an activating group) is 1. The van der Waals surface area contributed by atoms with Crippen LogP contribution in [0.3, 0.4) is 0 Å². The van der Waals surface area contributed by atoms with Crippen LogP contribution in [0.5, 0.6) is 5.75 Å². The Kier molecular flexibility index (Phi) is 6.62. The van der Waals surface area contributed by atoms with E-state index >= 15 is 0 Å². The summed E-state index contributed by atoms with van der Waals surface area (Å²) in [6.07, 6.45) is 1.83. The number of aryl methyl sites for hydroxylation is 1. The fraction of sp³-hybridized carbons (Fsp3) is 0.286. The maximum atomic E-state index is 12.1. The summed E-state index contributed by atoms with van der Waals surface area (Å²) in [7, 11) is 0. The summed E-state index contributed by atoms with van der Waals surface area (Å²) in [4.78, 5) is 31.3. The Labute approximate surface area is 163 Å². The lowest BCUT2D eigenvalue weighted by atomic mass is 10.2. The Bertz CT molecular complexity index is 901. The fourth-order valence-electron chi connectivity index (χ4n) is 2.80. The molecule has 0 atom stereocenters. The number of H-pyrrole nitrogens is 1. The van der Waals surface area contributed by atoms with Crippen molar-refractivity contribution < 1.29 is 14.3 Å². The van der Waals surface area contributed by atoms with Gasteiger partial charge < -0.3 is 20.4 Å². The van der Waals surface area contributed by atoms with Gasteiger partial charge in [0.2, 0.25) is 5.91 Å². The second-order valence-electron chi connectivity index (χ2n) is 6.37. The van der Waals surface area contributed by atoms with Gasteiger partial charge in [-0.3, -0.25) is 9.59 Å². The Morgan fingerprint density at radius 1 is 1.07 bits per heavy atom. The summed E-state index contributed by atoms with van der Waals surface area (Å²) >= 11 is 0. The number of carbonyl (C=O) groups is 2. The van der Waals surface area contributed by atoms with Crippen LogP contribution in [0.4, 0.5) is 5.69 Å². The number of benzene rings is 2. The van der Waals surface area contributed by atoms with Crippen molar-refractivity contribution in [1.82, 2.24) is 15.3 Å². The number of fused-ring (bicyclic) bond motifs is 1. The largest absolute Gasteiger partial charge is 0.484 e. The Morgan fingerprint density at radius 2 is 1.86 bits per heavy atom. The zero-order valence-corrected chi connectivity index (χ0v) is 15.8. The van der Waals surface area contributed by atoms with Gasteiger partial charge in [-0.25, -0.2) is 4.98 Å². The van der Waals surface area contributed by atoms with Gasteiger partial charge in [-0.05, 0) is 49.7 Å². The number of aromatic nitrogens is 2. The number of nitrogens with zero attached hydrogens (tertiary/aromatic N) is 1. The number of anilines is 1. The van der Waals surface area contributed by atoms with Crippen molar-refractivity contribution in [2.24, 2.45) is 0 Å². The van der Waals surface area contributed by atoms with Gasteiger partial charge in [0.05, 0.1) is 11.0 Å². The van der Waals surface area contributed by atoms with Crippen LogP contribution in [-0.4, -0.2) is 34.9 Å². The standard InChI is InChI=1S/C21H24N4O3/c1-2-22-21(27)14-28-16-12-10-15(11-13-16)23-20(26)9-5-8-19-24-17-6-3-4-7-18(17)25-19/h3-4,6-7,10-13H,2,5,8-9,14H2,1H3,(H,22,27)(H,23,26)(H,24,25). The molecule has 0 aliphatic carbocycles. The monoisotopic (exact) mass is 380 g/mol. The van der Waals surface area contributed by atoms with Gasteiger partial charge in [-0.2, -0.15) is 0 Å². The van der Waals surface area contributed by atoms with Gasteiger partial charge in [0.1, 0.15) is 11.6 Å². The normalized spacial score (nSPS) is 10.6. The average Bonchev–Trinajstić information content (AvgIpc) is 3.10. The minimum atomic E-state index is -0.163. The highest BCUT2D eigenvalue weighted by atomic mass is 16.5. The van der Waals surface area contributed by atoms with Crippen molar-refractivity contribution in [3.8, 4) is 5.75 Å². The van der Waals surface area contributed by atoms with E-state index in [9.17, 15) is 9.59 Å². The van der Waals surface area contributed by atoms with Gasteiger partial charge in [-0.15, -0.1) is 0 Å². The molecule has 28 heavy (non-hydrogen) atoms. The van der Waals surface area contributed by atoms with Crippen LogP contribution in [0.1, 0.15) is 25.6 Å². The molecule has 146 valence electrons. The minimum Gasteiger partial charge on any atom is -0.484 e. The predicted molar refractivity (Wildman–Crippen MR) is 108 cm³/mol. The van der Waals surface area contributed by atoms with Gasteiger partial charge >= 0.3 is 0 Å². The van der Waals surface area contributed by atoms with Crippen LogP contribution in [0.15, 0.2) is 48.5 Å². The van der Waals surface area contributed by atoms with E-state index in [1.54, 1.807) is 24.3 Å². The molecule has 0 spiro atoms. The molecule has 0 aliphatic heterocycles. The number of nitrogens with one attached hydrogen (secondary N) is 3. The molecular weight excluding hydrogens is 356 g/mol. The second kappa shape index (κ2) is 9.55. The van der Waals surface area contributed by atoms with Crippen molar-refractivity contribution in [3.05, 3.63) is 54.4 Å². The van der Waals surface area contributed by atoms with E-state index in [1.807, 2.05) is 31.2 Å². The average molecular weight is 380 g/mol. The summed E-state index contributed by atoms with van der Waals surface area (Å²) in [6, 6.07) is 14.8. The van der Waals surface area contributed by atoms with Crippen molar-refractivity contribution >= 4 is 28.5 Å². The Hall–Kier alpha value is -3.35. The van der Waals surface area contributed by atoms with Crippen LogP contribution in [0.25, 0.3) is 11.0 Å². The number of rotatable bonds is 9. The van der Waals surface area contributed by atoms with E-state index in [4.69, 9.17) is 4.74 Å². The molecule has 2 aromatic carbocycles. The third-order valence-electron chi connectivity index (χ3n) is 4.14. The molecular formula is C21H24N4O3. The SMILES string of the molecule is CCNC(=O)COc1ccc(NC(=O)CCCc2nc3ccccc3[nH]2)cc1. The summed E-state index contributed by atoms with van der Waals surface area (Å²) in [6.45, 7) is 2.40. The molecule has 0 fully saturated rings. The lowest BCUT2D eigenvalue weighted by Crippen LogP contribution is -2.28. The maximum absolute atomic E-state index is 12.1. The number of ether oxygens (including phenoxy) is 1. The smallest absolute Gasteiger partial charge is 0.257 e. The quantitative estimate of drug-likeness (QED) is 0.532. The first-order valence-electron chi connectivity index (χ1n) is 9.37. The van der Waals surface area contributed by atoms with E-state index in [0.717, 1.165) is 16.9 Å². The van der Waals surface area contributed by atoms with E-state index in [1.165, 1.54) is 0 Å². The van der Waals surface area contributed by atoms with Gasteiger partial charge in [-0.1, -0.05) is 12.1 Å². The molecule has 0 aliphatic rings. The van der Waals surface area contributed by atoms with Gasteiger partial charge in [0.25, 0.3) is 5.91 Å². The number of carbonyl (C=O) groups excluding carboxylic acids is 2. The van der Waals surface area contributed by atoms with Crippen molar-refractivity contribution in [3.63, 3.8) is 0 Å².